The number of hydrogen-bond donors (Lipinski definition) is 3. The molecular formula is C26H28N8O2. The number of rotatable bonds is 7. The van der Waals surface area contributed by atoms with Gasteiger partial charge in [-0.2, -0.15) is 0 Å². The molecule has 0 bridgehead atoms. The van der Waals surface area contributed by atoms with Crippen LogP contribution in [0.2, 0.25) is 0 Å². The van der Waals surface area contributed by atoms with Crippen LogP contribution in [0.15, 0.2) is 60.8 Å². The Morgan fingerprint density at radius 1 is 0.972 bits per heavy atom. The standard InChI is InChI=1S/C26H28N8O2/c1-18(35)27-11-12-29-24-20-17-21(30-25(20)32-23(31-24)19-7-3-2-4-8-19)26(36)34-15-13-33(14-16-34)22-9-5-6-10-28-22/h2-10,17H,11-16H2,1H3,(H,27,35)(H2,29,30,31,32). The van der Waals surface area contributed by atoms with Crippen molar-refractivity contribution in [2.45, 2.75) is 6.92 Å². The number of benzene rings is 1. The third kappa shape index (κ3) is 5.12. The molecule has 0 unspecified atom stereocenters. The number of hydrogen-bond acceptors (Lipinski definition) is 7. The van der Waals surface area contributed by atoms with Crippen molar-refractivity contribution in [3.63, 3.8) is 0 Å². The highest BCUT2D eigenvalue weighted by Gasteiger charge is 2.25. The SMILES string of the molecule is CC(=O)NCCNc1nc(-c2ccccc2)nc2[nH]c(C(=O)N3CCN(c4ccccn4)CC3)cc12. The van der Waals surface area contributed by atoms with Crippen LogP contribution in [0.3, 0.4) is 0 Å². The Morgan fingerprint density at radius 3 is 2.47 bits per heavy atom. The van der Waals surface area contributed by atoms with Crippen LogP contribution in [-0.4, -0.2) is 75.9 Å². The van der Waals surface area contributed by atoms with E-state index in [0.717, 1.165) is 29.9 Å². The van der Waals surface area contributed by atoms with Gasteiger partial charge in [0.25, 0.3) is 5.91 Å². The number of H-pyrrole nitrogens is 1. The first-order valence-electron chi connectivity index (χ1n) is 12.0. The van der Waals surface area contributed by atoms with Crippen molar-refractivity contribution < 1.29 is 9.59 Å². The number of nitrogens with one attached hydrogen (secondary N) is 3. The van der Waals surface area contributed by atoms with Crippen molar-refractivity contribution in [2.24, 2.45) is 0 Å². The molecule has 36 heavy (non-hydrogen) atoms. The highest BCUT2D eigenvalue weighted by Crippen LogP contribution is 2.26. The molecule has 0 saturated carbocycles. The van der Waals surface area contributed by atoms with Gasteiger partial charge in [0.05, 0.1) is 5.39 Å². The van der Waals surface area contributed by atoms with Crippen LogP contribution in [0, 0.1) is 0 Å². The Kier molecular flexibility index (Phi) is 6.74. The van der Waals surface area contributed by atoms with E-state index >= 15 is 0 Å². The molecule has 0 radical (unpaired) electrons. The van der Waals surface area contributed by atoms with Gasteiger partial charge in [-0.15, -0.1) is 0 Å². The maximum Gasteiger partial charge on any atom is 0.270 e. The van der Waals surface area contributed by atoms with Crippen LogP contribution in [0.25, 0.3) is 22.4 Å². The summed E-state index contributed by atoms with van der Waals surface area (Å²) >= 11 is 0. The number of carbonyl (C=O) groups excluding carboxylic acids is 2. The third-order valence-electron chi connectivity index (χ3n) is 6.08. The molecule has 2 amide bonds. The van der Waals surface area contributed by atoms with E-state index in [0.29, 0.717) is 49.2 Å². The monoisotopic (exact) mass is 484 g/mol. The maximum atomic E-state index is 13.4. The highest BCUT2D eigenvalue weighted by atomic mass is 16.2. The zero-order valence-corrected chi connectivity index (χ0v) is 20.1. The molecular weight excluding hydrogens is 456 g/mol. The normalized spacial score (nSPS) is 13.6. The predicted octanol–water partition coefficient (Wildman–Crippen LogP) is 2.53. The molecule has 4 heterocycles. The average Bonchev–Trinajstić information content (AvgIpc) is 3.36. The fourth-order valence-electron chi connectivity index (χ4n) is 4.24. The molecule has 1 aliphatic rings. The Morgan fingerprint density at radius 2 is 1.75 bits per heavy atom. The number of pyridine rings is 1. The van der Waals surface area contributed by atoms with Crippen LogP contribution in [0.4, 0.5) is 11.6 Å². The lowest BCUT2D eigenvalue weighted by Crippen LogP contribution is -2.49. The third-order valence-corrected chi connectivity index (χ3v) is 6.08. The van der Waals surface area contributed by atoms with Gasteiger partial charge >= 0.3 is 0 Å². The van der Waals surface area contributed by atoms with E-state index in [2.05, 4.69) is 25.5 Å². The van der Waals surface area contributed by atoms with Gasteiger partial charge in [0, 0.05) is 58.0 Å². The van der Waals surface area contributed by atoms with Crippen molar-refractivity contribution in [3.8, 4) is 11.4 Å². The van der Waals surface area contributed by atoms with Crippen molar-refractivity contribution in [2.75, 3.05) is 49.5 Å². The van der Waals surface area contributed by atoms with E-state index in [1.54, 1.807) is 12.3 Å². The van der Waals surface area contributed by atoms with E-state index in [1.165, 1.54) is 6.92 Å². The maximum absolute atomic E-state index is 13.4. The second kappa shape index (κ2) is 10.4. The highest BCUT2D eigenvalue weighted by molar-refractivity contribution is 6.00. The molecule has 1 aromatic carbocycles. The lowest BCUT2D eigenvalue weighted by atomic mass is 10.2. The topological polar surface area (TPSA) is 119 Å². The molecule has 0 spiro atoms. The van der Waals surface area contributed by atoms with Gasteiger partial charge in [-0.25, -0.2) is 15.0 Å². The van der Waals surface area contributed by atoms with Gasteiger partial charge in [-0.05, 0) is 18.2 Å². The molecule has 10 nitrogen and oxygen atoms in total. The molecule has 1 aliphatic heterocycles. The minimum absolute atomic E-state index is 0.0703. The Balaban J connectivity index is 1.37. The summed E-state index contributed by atoms with van der Waals surface area (Å²) in [6, 6.07) is 17.3. The van der Waals surface area contributed by atoms with E-state index in [1.807, 2.05) is 53.4 Å². The second-order valence-electron chi connectivity index (χ2n) is 8.58. The number of aromatic amines is 1. The molecule has 4 aromatic rings. The van der Waals surface area contributed by atoms with Gasteiger partial charge in [0.2, 0.25) is 5.91 Å². The first kappa shape index (κ1) is 23.3. The first-order valence-corrected chi connectivity index (χ1v) is 12.0. The minimum atomic E-state index is -0.0905. The van der Waals surface area contributed by atoms with Crippen molar-refractivity contribution in [1.29, 1.82) is 0 Å². The number of piperazine rings is 1. The summed E-state index contributed by atoms with van der Waals surface area (Å²) in [6.45, 7) is 5.08. The number of amides is 2. The fourth-order valence-corrected chi connectivity index (χ4v) is 4.24. The summed E-state index contributed by atoms with van der Waals surface area (Å²) in [7, 11) is 0. The Bertz CT molecular complexity index is 1350. The largest absolute Gasteiger partial charge is 0.368 e. The van der Waals surface area contributed by atoms with Gasteiger partial charge in [-0.1, -0.05) is 36.4 Å². The van der Waals surface area contributed by atoms with E-state index in [4.69, 9.17) is 9.97 Å². The Hall–Kier alpha value is -4.47. The summed E-state index contributed by atoms with van der Waals surface area (Å²) in [5.74, 6) is 1.93. The summed E-state index contributed by atoms with van der Waals surface area (Å²) in [4.78, 5) is 45.7. The lowest BCUT2D eigenvalue weighted by molar-refractivity contribution is -0.118. The molecule has 1 saturated heterocycles. The zero-order valence-electron chi connectivity index (χ0n) is 20.1. The second-order valence-corrected chi connectivity index (χ2v) is 8.58. The van der Waals surface area contributed by atoms with Crippen LogP contribution in [0.1, 0.15) is 17.4 Å². The number of carbonyl (C=O) groups is 2. The minimum Gasteiger partial charge on any atom is -0.368 e. The smallest absolute Gasteiger partial charge is 0.270 e. The molecule has 0 atom stereocenters. The van der Waals surface area contributed by atoms with Crippen LogP contribution >= 0.6 is 0 Å². The quantitative estimate of drug-likeness (QED) is 0.345. The summed E-state index contributed by atoms with van der Waals surface area (Å²) in [5, 5.41) is 6.78. The van der Waals surface area contributed by atoms with Crippen LogP contribution < -0.4 is 15.5 Å². The lowest BCUT2D eigenvalue weighted by Gasteiger charge is -2.35. The molecule has 3 aromatic heterocycles. The number of nitrogens with zero attached hydrogens (tertiary/aromatic N) is 5. The molecule has 184 valence electrons. The first-order chi connectivity index (χ1) is 17.6. The van der Waals surface area contributed by atoms with E-state index < -0.39 is 0 Å². The Labute approximate surface area is 208 Å². The van der Waals surface area contributed by atoms with Gasteiger partial charge in [-0.3, -0.25) is 9.59 Å². The average molecular weight is 485 g/mol. The molecule has 10 heteroatoms. The van der Waals surface area contributed by atoms with Gasteiger partial charge in [0.15, 0.2) is 5.82 Å². The summed E-state index contributed by atoms with van der Waals surface area (Å²) in [6.07, 6.45) is 1.78. The summed E-state index contributed by atoms with van der Waals surface area (Å²) in [5.41, 5.74) is 1.93. The molecule has 1 fully saturated rings. The zero-order chi connectivity index (χ0) is 24.9. The van der Waals surface area contributed by atoms with Crippen molar-refractivity contribution in [1.82, 2.24) is 30.2 Å². The van der Waals surface area contributed by atoms with Crippen molar-refractivity contribution >= 4 is 34.5 Å². The molecule has 5 rings (SSSR count). The molecule has 3 N–H and O–H groups in total. The number of anilines is 2. The number of fused-ring (bicyclic) bond motifs is 1. The summed E-state index contributed by atoms with van der Waals surface area (Å²) < 4.78 is 0. The van der Waals surface area contributed by atoms with Crippen LogP contribution in [-0.2, 0) is 4.79 Å². The van der Waals surface area contributed by atoms with E-state index in [9.17, 15) is 9.59 Å². The van der Waals surface area contributed by atoms with Gasteiger partial charge in [0.1, 0.15) is 23.0 Å². The van der Waals surface area contributed by atoms with E-state index in [-0.39, 0.29) is 11.8 Å². The fraction of sp³-hybridized carbons (Fsp3) is 0.269. The number of aromatic nitrogens is 4. The van der Waals surface area contributed by atoms with Crippen LogP contribution in [0.5, 0.6) is 0 Å². The van der Waals surface area contributed by atoms with Crippen molar-refractivity contribution in [3.05, 3.63) is 66.5 Å². The van der Waals surface area contributed by atoms with Gasteiger partial charge < -0.3 is 25.4 Å². The predicted molar refractivity (Wildman–Crippen MR) is 139 cm³/mol. The molecule has 0 aliphatic carbocycles.